The Kier molecular flexibility index (Phi) is 2.73. The summed E-state index contributed by atoms with van der Waals surface area (Å²) in [6, 6.07) is -0.454. The molecule has 0 aromatic rings. The topological polar surface area (TPSA) is 98.7 Å². The maximum absolute atomic E-state index is 11.3. The van der Waals surface area contributed by atoms with Crippen molar-refractivity contribution in [1.29, 1.82) is 1.43 Å². The molecule has 0 unspecified atom stereocenters. The van der Waals surface area contributed by atoms with Crippen molar-refractivity contribution in [3.63, 3.8) is 0 Å². The predicted octanol–water partition coefficient (Wildman–Crippen LogP) is -2.09. The quantitative estimate of drug-likeness (QED) is 0.406. The van der Waals surface area contributed by atoms with Gasteiger partial charge in [0.05, 0.1) is 12.1 Å². The Morgan fingerprint density at radius 2 is 2.46 bits per heavy atom. The second kappa shape index (κ2) is 4.20. The number of aliphatic hydroxyl groups is 1. The van der Waals surface area contributed by atoms with Gasteiger partial charge in [0.2, 0.25) is 7.34 Å². The van der Waals surface area contributed by atoms with Gasteiger partial charge in [0.25, 0.3) is 0 Å². The van der Waals surface area contributed by atoms with Gasteiger partial charge in [-0.1, -0.05) is 0 Å². The summed E-state index contributed by atoms with van der Waals surface area (Å²) >= 11 is 0. The van der Waals surface area contributed by atoms with Gasteiger partial charge in [-0.15, -0.1) is 0 Å². The van der Waals surface area contributed by atoms with Crippen molar-refractivity contribution < 1.29 is 19.8 Å². The van der Waals surface area contributed by atoms with Crippen LogP contribution in [0.3, 0.4) is 0 Å². The fourth-order valence-electron chi connectivity index (χ4n) is 1.19. The van der Waals surface area contributed by atoms with Crippen LogP contribution < -0.4 is 10.6 Å². The van der Waals surface area contributed by atoms with Crippen LogP contribution in [0, 0.1) is 0 Å². The number of aliphatic carboxylic acids is 1. The summed E-state index contributed by atoms with van der Waals surface area (Å²) in [6.45, 7) is 0.0536. The van der Waals surface area contributed by atoms with Crippen molar-refractivity contribution in [2.24, 2.45) is 0 Å². The van der Waals surface area contributed by atoms with Gasteiger partial charge in [0.15, 0.2) is 0 Å². The van der Waals surface area contributed by atoms with Crippen LogP contribution in [0.2, 0.25) is 0 Å². The van der Waals surface area contributed by atoms with Gasteiger partial charge < -0.3 is 20.8 Å². The zero-order valence-corrected chi connectivity index (χ0v) is 6.95. The highest BCUT2D eigenvalue weighted by molar-refractivity contribution is 5.85. The maximum atomic E-state index is 11.3. The SMILES string of the molecule is [2H]O[C@@H]1CN[C@H](C(=O)NCC(=O)O)C1. The normalized spacial score (nSPS) is 28.2. The van der Waals surface area contributed by atoms with E-state index in [9.17, 15) is 9.59 Å². The van der Waals surface area contributed by atoms with Gasteiger partial charge in [-0.25, -0.2) is 0 Å². The Hall–Kier alpha value is -1.14. The number of hydrogen-bond acceptors (Lipinski definition) is 4. The van der Waals surface area contributed by atoms with Crippen molar-refractivity contribution in [1.82, 2.24) is 10.6 Å². The third-order valence-electron chi connectivity index (χ3n) is 1.82. The van der Waals surface area contributed by atoms with E-state index < -0.39 is 12.0 Å². The molecule has 74 valence electrons. The molecule has 1 fully saturated rings. The molecule has 1 aliphatic rings. The van der Waals surface area contributed by atoms with Crippen LogP contribution in [0.5, 0.6) is 0 Å². The number of β-amino-alcohol motifs (C(OH)–C–C–N with tert-alkyl or cyclic N) is 1. The van der Waals surface area contributed by atoms with Crippen LogP contribution in [0.15, 0.2) is 0 Å². The molecule has 1 rings (SSSR count). The van der Waals surface area contributed by atoms with Crippen LogP contribution in [0.25, 0.3) is 0 Å². The molecule has 0 aromatic carbocycles. The molecule has 2 atom stereocenters. The van der Waals surface area contributed by atoms with Gasteiger partial charge >= 0.3 is 5.97 Å². The summed E-state index contributed by atoms with van der Waals surface area (Å²) in [6.07, 6.45) is 0.102. The van der Waals surface area contributed by atoms with E-state index in [4.69, 9.17) is 6.54 Å². The van der Waals surface area contributed by atoms with Gasteiger partial charge in [0, 0.05) is 6.54 Å². The first kappa shape index (κ1) is 8.46. The van der Waals surface area contributed by atoms with Crippen LogP contribution in [-0.2, 0) is 9.59 Å². The molecule has 0 radical (unpaired) electrons. The standard InChI is InChI=1S/C7H12N2O4/c10-4-1-5(8-2-4)7(13)9-3-6(11)12/h4-5,8,10H,1-3H2,(H,9,13)(H,11,12)/t4-,5-/m0/s1/i10D. The predicted molar refractivity (Wildman–Crippen MR) is 43.1 cm³/mol. The fourth-order valence-corrected chi connectivity index (χ4v) is 1.19. The zero-order chi connectivity index (χ0) is 10.6. The van der Waals surface area contributed by atoms with Gasteiger partial charge in [-0.3, -0.25) is 9.59 Å². The molecular formula is C7H12N2O4. The first-order valence-corrected chi connectivity index (χ1v) is 3.98. The third kappa shape index (κ3) is 3.00. The number of carboxylic acid groups (broad SMARTS) is 1. The Morgan fingerprint density at radius 1 is 1.69 bits per heavy atom. The minimum atomic E-state index is -1.08. The first-order chi connectivity index (χ1) is 6.63. The van der Waals surface area contributed by atoms with E-state index >= 15 is 0 Å². The fraction of sp³-hybridized carbons (Fsp3) is 0.714. The van der Waals surface area contributed by atoms with Crippen LogP contribution in [0.1, 0.15) is 6.42 Å². The molecule has 0 aromatic heterocycles. The van der Waals surface area contributed by atoms with Crippen LogP contribution in [0.4, 0.5) is 0 Å². The highest BCUT2D eigenvalue weighted by Gasteiger charge is 2.27. The molecular weight excluding hydrogens is 176 g/mol. The lowest BCUT2D eigenvalue weighted by Gasteiger charge is -2.08. The van der Waals surface area contributed by atoms with Gasteiger partial charge in [-0.05, 0) is 6.42 Å². The number of rotatable bonds is 4. The van der Waals surface area contributed by atoms with Crippen molar-refractivity contribution in [3.8, 4) is 0 Å². The number of carbonyl (C=O) groups excluding carboxylic acids is 1. The molecule has 6 heteroatoms. The highest BCUT2D eigenvalue weighted by atomic mass is 16.4. The van der Waals surface area contributed by atoms with Gasteiger partial charge in [-0.2, -0.15) is 0 Å². The molecule has 1 aliphatic heterocycles. The number of amides is 1. The first-order valence-electron chi connectivity index (χ1n) is 4.39. The summed E-state index contributed by atoms with van der Waals surface area (Å²) < 4.78 is 6.64. The maximum Gasteiger partial charge on any atom is 0.322 e. The molecule has 1 amide bonds. The number of carbonyl (C=O) groups is 2. The monoisotopic (exact) mass is 189 g/mol. The molecule has 1 saturated heterocycles. The summed E-state index contributed by atoms with van der Waals surface area (Å²) in [4.78, 5) is 21.4. The summed E-state index contributed by atoms with van der Waals surface area (Å²) in [5, 5.41) is 17.7. The van der Waals surface area contributed by atoms with E-state index in [2.05, 4.69) is 15.7 Å². The van der Waals surface area contributed by atoms with Gasteiger partial charge in [0.1, 0.15) is 6.54 Å². The zero-order valence-electron chi connectivity index (χ0n) is 7.95. The van der Waals surface area contributed by atoms with E-state index in [-0.39, 0.29) is 18.6 Å². The van der Waals surface area contributed by atoms with Crippen molar-refractivity contribution in [2.75, 3.05) is 13.1 Å². The number of aliphatic hydroxyl groups excluding tert-OH is 1. The molecule has 6 nitrogen and oxygen atoms in total. The molecule has 0 spiro atoms. The molecule has 1 heterocycles. The lowest BCUT2D eigenvalue weighted by molar-refractivity contribution is -0.138. The lowest BCUT2D eigenvalue weighted by Crippen LogP contribution is -2.42. The summed E-state index contributed by atoms with van der Waals surface area (Å²) in [5.74, 6) is -1.45. The smallest absolute Gasteiger partial charge is 0.322 e. The average molecular weight is 189 g/mol. The molecule has 0 aliphatic carbocycles. The minimum Gasteiger partial charge on any atom is -0.480 e. The second-order valence-corrected chi connectivity index (χ2v) is 2.93. The van der Waals surface area contributed by atoms with Crippen molar-refractivity contribution in [3.05, 3.63) is 0 Å². The average Bonchev–Trinajstić information content (AvgIpc) is 2.62. The summed E-state index contributed by atoms with van der Waals surface area (Å²) in [5.41, 5.74) is 0. The van der Waals surface area contributed by atoms with Crippen molar-refractivity contribution in [2.45, 2.75) is 18.6 Å². The van der Waals surface area contributed by atoms with Crippen molar-refractivity contribution >= 4 is 11.9 Å². The molecule has 0 saturated carbocycles. The second-order valence-electron chi connectivity index (χ2n) is 2.93. The van der Waals surface area contributed by atoms with E-state index in [0.29, 0.717) is 13.0 Å². The van der Waals surface area contributed by atoms with E-state index in [1.807, 2.05) is 0 Å². The van der Waals surface area contributed by atoms with E-state index in [1.165, 1.54) is 0 Å². The van der Waals surface area contributed by atoms with E-state index in [1.54, 1.807) is 0 Å². The highest BCUT2D eigenvalue weighted by Crippen LogP contribution is 2.05. The minimum absolute atomic E-state index is 0.296. The lowest BCUT2D eigenvalue weighted by atomic mass is 10.2. The van der Waals surface area contributed by atoms with Crippen LogP contribution >= 0.6 is 0 Å². The molecule has 0 bridgehead atoms. The Morgan fingerprint density at radius 3 is 3.00 bits per heavy atom. The summed E-state index contributed by atoms with van der Waals surface area (Å²) in [7, 11) is 0. The number of carboxylic acids is 1. The Bertz CT molecular complexity index is 236. The third-order valence-corrected chi connectivity index (χ3v) is 1.82. The largest absolute Gasteiger partial charge is 0.480 e. The van der Waals surface area contributed by atoms with E-state index in [0.717, 1.165) is 0 Å². The Balaban J connectivity index is 2.28. The Labute approximate surface area is 76.4 Å². The number of nitrogens with one attached hydrogen (secondary N) is 2. The molecule has 4 N–H and O–H groups in total. The van der Waals surface area contributed by atoms with Crippen LogP contribution in [-0.4, -0.2) is 48.8 Å². The molecule has 13 heavy (non-hydrogen) atoms. The number of hydrogen-bond donors (Lipinski definition) is 4.